The lowest BCUT2D eigenvalue weighted by molar-refractivity contribution is 0.280. The highest BCUT2D eigenvalue weighted by Crippen LogP contribution is 2.31. The Morgan fingerprint density at radius 1 is 0.688 bits per heavy atom. The fourth-order valence-corrected chi connectivity index (χ4v) is 4.51. The second kappa shape index (κ2) is 13.1. The van der Waals surface area contributed by atoms with E-state index in [1.54, 1.807) is 0 Å². The molecule has 2 atom stereocenters. The van der Waals surface area contributed by atoms with Crippen molar-refractivity contribution in [1.29, 1.82) is 0 Å². The van der Waals surface area contributed by atoms with Gasteiger partial charge >= 0.3 is 0 Å². The molecule has 0 heterocycles. The Morgan fingerprint density at radius 2 is 1.31 bits per heavy atom. The number of aliphatic hydroxyl groups is 1. The van der Waals surface area contributed by atoms with E-state index in [2.05, 4.69) is 68.4 Å². The first-order chi connectivity index (χ1) is 15.7. The molecule has 1 N–H and O–H groups in total. The van der Waals surface area contributed by atoms with E-state index in [1.807, 2.05) is 24.3 Å². The molecule has 32 heavy (non-hydrogen) atoms. The largest absolute Gasteiger partial charge is 0.489 e. The highest BCUT2D eigenvalue weighted by molar-refractivity contribution is 5.29. The monoisotopic (exact) mass is 430 g/mol. The summed E-state index contributed by atoms with van der Waals surface area (Å²) >= 11 is 0. The van der Waals surface area contributed by atoms with Gasteiger partial charge in [0, 0.05) is 0 Å². The Bertz CT molecular complexity index is 884. The first-order valence-corrected chi connectivity index (χ1v) is 12.2. The molecule has 0 fully saturated rings. The summed E-state index contributed by atoms with van der Waals surface area (Å²) in [7, 11) is 0. The van der Waals surface area contributed by atoms with Crippen LogP contribution in [-0.2, 0) is 13.2 Å². The number of rotatable bonds is 13. The zero-order valence-electron chi connectivity index (χ0n) is 19.7. The number of benzene rings is 3. The number of hydrogen-bond donors (Lipinski definition) is 1. The topological polar surface area (TPSA) is 29.5 Å². The number of ether oxygens (including phenoxy) is 1. The lowest BCUT2D eigenvalue weighted by Gasteiger charge is -2.20. The van der Waals surface area contributed by atoms with Gasteiger partial charge in [-0.25, -0.2) is 0 Å². The Labute approximate surface area is 194 Å². The van der Waals surface area contributed by atoms with Crippen LogP contribution in [0.1, 0.15) is 86.5 Å². The van der Waals surface area contributed by atoms with Gasteiger partial charge in [-0.1, -0.05) is 93.4 Å². The van der Waals surface area contributed by atoms with Gasteiger partial charge in [-0.15, -0.1) is 0 Å². The molecule has 0 radical (unpaired) electrons. The van der Waals surface area contributed by atoms with E-state index >= 15 is 0 Å². The van der Waals surface area contributed by atoms with Gasteiger partial charge in [0.25, 0.3) is 0 Å². The molecule has 0 aliphatic carbocycles. The smallest absolute Gasteiger partial charge is 0.119 e. The summed E-state index contributed by atoms with van der Waals surface area (Å²) in [6.07, 6.45) is 7.49. The molecule has 0 saturated heterocycles. The molecule has 0 aliphatic rings. The van der Waals surface area contributed by atoms with Gasteiger partial charge in [-0.05, 0) is 71.9 Å². The van der Waals surface area contributed by atoms with Crippen molar-refractivity contribution in [2.24, 2.45) is 0 Å². The van der Waals surface area contributed by atoms with Crippen LogP contribution in [0.4, 0.5) is 0 Å². The molecule has 3 aromatic carbocycles. The van der Waals surface area contributed by atoms with E-state index in [0.717, 1.165) is 11.3 Å². The van der Waals surface area contributed by atoms with Gasteiger partial charge in [0.15, 0.2) is 0 Å². The third-order valence-electron chi connectivity index (χ3n) is 6.47. The maximum atomic E-state index is 9.14. The molecule has 0 bridgehead atoms. The van der Waals surface area contributed by atoms with Crippen LogP contribution >= 0.6 is 0 Å². The van der Waals surface area contributed by atoms with Crippen molar-refractivity contribution < 1.29 is 9.84 Å². The van der Waals surface area contributed by atoms with Crippen LogP contribution in [0.15, 0.2) is 78.9 Å². The molecule has 0 saturated carbocycles. The second-order valence-corrected chi connectivity index (χ2v) is 8.76. The Hall–Kier alpha value is -2.58. The van der Waals surface area contributed by atoms with Crippen LogP contribution in [0.25, 0.3) is 0 Å². The van der Waals surface area contributed by atoms with Gasteiger partial charge in [0.1, 0.15) is 12.4 Å². The highest BCUT2D eigenvalue weighted by atomic mass is 16.5. The summed E-state index contributed by atoms with van der Waals surface area (Å²) in [5, 5.41) is 9.14. The third-order valence-corrected chi connectivity index (χ3v) is 6.47. The predicted molar refractivity (Wildman–Crippen MR) is 134 cm³/mol. The zero-order chi connectivity index (χ0) is 22.6. The van der Waals surface area contributed by atoms with E-state index < -0.39 is 0 Å². The molecule has 0 amide bonds. The molecular weight excluding hydrogens is 392 g/mol. The highest BCUT2D eigenvalue weighted by Gasteiger charge is 2.14. The van der Waals surface area contributed by atoms with Gasteiger partial charge in [0.2, 0.25) is 0 Å². The molecule has 3 rings (SSSR count). The Morgan fingerprint density at radius 3 is 1.94 bits per heavy atom. The van der Waals surface area contributed by atoms with Gasteiger partial charge in [-0.2, -0.15) is 0 Å². The fraction of sp³-hybridized carbons (Fsp3) is 0.400. The molecule has 2 unspecified atom stereocenters. The first kappa shape index (κ1) is 24.1. The van der Waals surface area contributed by atoms with E-state index in [-0.39, 0.29) is 6.61 Å². The van der Waals surface area contributed by atoms with Gasteiger partial charge < -0.3 is 9.84 Å². The number of hydrogen-bond acceptors (Lipinski definition) is 2. The van der Waals surface area contributed by atoms with Crippen molar-refractivity contribution in [3.63, 3.8) is 0 Å². The minimum Gasteiger partial charge on any atom is -0.489 e. The molecule has 0 spiro atoms. The molecule has 2 heteroatoms. The summed E-state index contributed by atoms with van der Waals surface area (Å²) in [5.74, 6) is 2.14. The lowest BCUT2D eigenvalue weighted by Crippen LogP contribution is -2.03. The Balaban J connectivity index is 1.50. The van der Waals surface area contributed by atoms with Crippen LogP contribution < -0.4 is 4.74 Å². The molecule has 0 aromatic heterocycles. The number of aliphatic hydroxyl groups excluding tert-OH is 1. The van der Waals surface area contributed by atoms with E-state index in [4.69, 9.17) is 9.84 Å². The van der Waals surface area contributed by atoms with Crippen molar-refractivity contribution in [2.75, 3.05) is 0 Å². The van der Waals surface area contributed by atoms with Crippen LogP contribution in [0.3, 0.4) is 0 Å². The summed E-state index contributed by atoms with van der Waals surface area (Å²) in [5.41, 5.74) is 5.02. The molecular formula is C30H38O2. The van der Waals surface area contributed by atoms with E-state index in [0.29, 0.717) is 18.4 Å². The summed E-state index contributed by atoms with van der Waals surface area (Å²) in [6, 6.07) is 27.6. The van der Waals surface area contributed by atoms with Crippen molar-refractivity contribution >= 4 is 0 Å². The van der Waals surface area contributed by atoms with Crippen molar-refractivity contribution in [3.8, 4) is 5.75 Å². The first-order valence-electron chi connectivity index (χ1n) is 12.2. The molecule has 3 aromatic rings. The average Bonchev–Trinajstić information content (AvgIpc) is 2.86. The van der Waals surface area contributed by atoms with Crippen molar-refractivity contribution in [1.82, 2.24) is 0 Å². The minimum absolute atomic E-state index is 0.0614. The molecule has 170 valence electrons. The zero-order valence-corrected chi connectivity index (χ0v) is 19.7. The normalized spacial score (nSPS) is 13.0. The van der Waals surface area contributed by atoms with E-state index in [1.165, 1.54) is 55.2 Å². The third kappa shape index (κ3) is 7.24. The van der Waals surface area contributed by atoms with Crippen molar-refractivity contribution in [2.45, 2.75) is 77.4 Å². The van der Waals surface area contributed by atoms with Crippen LogP contribution in [0.5, 0.6) is 5.75 Å². The fourth-order valence-electron chi connectivity index (χ4n) is 4.51. The van der Waals surface area contributed by atoms with Crippen LogP contribution in [-0.4, -0.2) is 5.11 Å². The maximum Gasteiger partial charge on any atom is 0.119 e. The lowest BCUT2D eigenvalue weighted by atomic mass is 9.85. The van der Waals surface area contributed by atoms with Gasteiger partial charge in [0.05, 0.1) is 6.61 Å². The predicted octanol–water partition coefficient (Wildman–Crippen LogP) is 8.01. The summed E-state index contributed by atoms with van der Waals surface area (Å²) in [4.78, 5) is 0. The minimum atomic E-state index is 0.0614. The van der Waals surface area contributed by atoms with Crippen molar-refractivity contribution in [3.05, 3.63) is 101 Å². The van der Waals surface area contributed by atoms with Crippen LogP contribution in [0, 0.1) is 0 Å². The average molecular weight is 431 g/mol. The quantitative estimate of drug-likeness (QED) is 0.297. The maximum absolute atomic E-state index is 9.14. The second-order valence-electron chi connectivity index (χ2n) is 8.76. The molecule has 0 aliphatic heterocycles. The Kier molecular flexibility index (Phi) is 9.84. The molecule has 2 nitrogen and oxygen atoms in total. The van der Waals surface area contributed by atoms with E-state index in [9.17, 15) is 0 Å². The van der Waals surface area contributed by atoms with Crippen LogP contribution in [0.2, 0.25) is 0 Å². The SMILES string of the molecule is CCCC(CCCC(CC)c1ccc(COc2ccc(CO)cc2)cc1)c1ccccc1. The standard InChI is InChI=1S/C30H38O2/c1-3-9-27(28-10-6-5-7-11-28)13-8-12-26(4-2)29-18-14-25(15-19-29)23-32-30-20-16-24(22-31)17-21-30/h5-7,10-11,14-21,26-27,31H,3-4,8-9,12-13,22-23H2,1-2H3. The van der Waals surface area contributed by atoms with Gasteiger partial charge in [-0.3, -0.25) is 0 Å². The summed E-state index contributed by atoms with van der Waals surface area (Å²) in [6.45, 7) is 5.22. The summed E-state index contributed by atoms with van der Waals surface area (Å²) < 4.78 is 5.89.